The summed E-state index contributed by atoms with van der Waals surface area (Å²) in [5.74, 6) is 1.09. The van der Waals surface area contributed by atoms with Gasteiger partial charge in [0.1, 0.15) is 5.75 Å². The van der Waals surface area contributed by atoms with Gasteiger partial charge in [-0.3, -0.25) is 4.79 Å². The lowest BCUT2D eigenvalue weighted by Crippen LogP contribution is -2.39. The number of nitrogens with zero attached hydrogens (tertiary/aromatic N) is 1. The third-order valence-electron chi connectivity index (χ3n) is 3.66. The van der Waals surface area contributed by atoms with E-state index in [-0.39, 0.29) is 5.91 Å². The number of β-amino-alcohol motifs (C(OH)–C–C–N with tert-alkyl or cyclic N) is 1. The molecular weight excluding hydrogens is 254 g/mol. The van der Waals surface area contributed by atoms with E-state index in [1.54, 1.807) is 11.8 Å². The number of carbonyl (C=O) groups is 1. The quantitative estimate of drug-likeness (QED) is 0.917. The highest BCUT2D eigenvalue weighted by Gasteiger charge is 2.28. The van der Waals surface area contributed by atoms with Crippen molar-refractivity contribution in [2.75, 3.05) is 13.1 Å². The third kappa shape index (κ3) is 3.51. The van der Waals surface area contributed by atoms with Gasteiger partial charge in [0.25, 0.3) is 5.91 Å². The molecule has 4 heteroatoms. The Balaban J connectivity index is 1.98. The summed E-state index contributed by atoms with van der Waals surface area (Å²) in [5.41, 5.74) is 1.19. The molecule has 0 aliphatic carbocycles. The van der Waals surface area contributed by atoms with Gasteiger partial charge in [0, 0.05) is 13.1 Å². The third-order valence-corrected chi connectivity index (χ3v) is 3.66. The van der Waals surface area contributed by atoms with Crippen molar-refractivity contribution in [2.45, 2.75) is 45.3 Å². The van der Waals surface area contributed by atoms with Gasteiger partial charge in [-0.15, -0.1) is 0 Å². The van der Waals surface area contributed by atoms with Crippen molar-refractivity contribution >= 4 is 5.91 Å². The molecule has 1 fully saturated rings. The number of ether oxygens (including phenoxy) is 1. The molecule has 0 aromatic heterocycles. The number of benzene rings is 1. The fourth-order valence-electron chi connectivity index (χ4n) is 2.40. The Morgan fingerprint density at radius 1 is 1.40 bits per heavy atom. The second-order valence-corrected chi connectivity index (χ2v) is 5.71. The Morgan fingerprint density at radius 3 is 2.75 bits per heavy atom. The molecule has 2 atom stereocenters. The van der Waals surface area contributed by atoms with Crippen LogP contribution in [0.3, 0.4) is 0 Å². The first-order chi connectivity index (χ1) is 9.47. The maximum absolute atomic E-state index is 12.2. The topological polar surface area (TPSA) is 49.8 Å². The Hall–Kier alpha value is -1.55. The molecule has 1 saturated heterocycles. The molecule has 1 amide bonds. The largest absolute Gasteiger partial charge is 0.481 e. The minimum Gasteiger partial charge on any atom is -0.481 e. The van der Waals surface area contributed by atoms with Crippen molar-refractivity contribution in [1.82, 2.24) is 4.90 Å². The van der Waals surface area contributed by atoms with Crippen LogP contribution in [0, 0.1) is 0 Å². The SMILES string of the molecule is CC(Oc1cccc(C(C)C)c1)C(=O)N1CC[C@@H](O)C1. The number of amides is 1. The first kappa shape index (κ1) is 14.9. The molecule has 0 radical (unpaired) electrons. The first-order valence-corrected chi connectivity index (χ1v) is 7.21. The number of hydrogen-bond donors (Lipinski definition) is 1. The van der Waals surface area contributed by atoms with E-state index in [0.717, 1.165) is 5.75 Å². The van der Waals surface area contributed by atoms with Crippen LogP contribution >= 0.6 is 0 Å². The summed E-state index contributed by atoms with van der Waals surface area (Å²) in [7, 11) is 0. The van der Waals surface area contributed by atoms with Crippen LogP contribution in [0.5, 0.6) is 5.75 Å². The smallest absolute Gasteiger partial charge is 0.263 e. The van der Waals surface area contributed by atoms with E-state index in [0.29, 0.717) is 25.4 Å². The van der Waals surface area contributed by atoms with Gasteiger partial charge in [0.05, 0.1) is 6.10 Å². The van der Waals surface area contributed by atoms with Gasteiger partial charge in [-0.05, 0) is 37.0 Å². The Labute approximate surface area is 120 Å². The molecule has 0 saturated carbocycles. The van der Waals surface area contributed by atoms with Gasteiger partial charge in [-0.2, -0.15) is 0 Å². The molecule has 20 heavy (non-hydrogen) atoms. The fourth-order valence-corrected chi connectivity index (χ4v) is 2.40. The second kappa shape index (κ2) is 6.27. The van der Waals surface area contributed by atoms with Crippen molar-refractivity contribution in [3.05, 3.63) is 29.8 Å². The van der Waals surface area contributed by atoms with E-state index < -0.39 is 12.2 Å². The van der Waals surface area contributed by atoms with E-state index in [2.05, 4.69) is 19.9 Å². The molecule has 1 aliphatic heterocycles. The number of rotatable bonds is 4. The first-order valence-electron chi connectivity index (χ1n) is 7.21. The molecule has 1 unspecified atom stereocenters. The molecule has 1 aliphatic rings. The van der Waals surface area contributed by atoms with Crippen LogP contribution in [-0.2, 0) is 4.79 Å². The predicted molar refractivity (Wildman–Crippen MR) is 77.8 cm³/mol. The monoisotopic (exact) mass is 277 g/mol. The highest BCUT2D eigenvalue weighted by molar-refractivity contribution is 5.81. The standard InChI is InChI=1S/C16H23NO3/c1-11(2)13-5-4-6-15(9-13)20-12(3)16(19)17-8-7-14(18)10-17/h4-6,9,11-12,14,18H,7-8,10H2,1-3H3/t12?,14-/m1/s1. The van der Waals surface area contributed by atoms with E-state index in [1.807, 2.05) is 18.2 Å². The summed E-state index contributed by atoms with van der Waals surface area (Å²) in [4.78, 5) is 13.9. The van der Waals surface area contributed by atoms with Crippen LogP contribution in [-0.4, -0.2) is 41.2 Å². The molecule has 0 spiro atoms. The predicted octanol–water partition coefficient (Wildman–Crippen LogP) is 2.17. The van der Waals surface area contributed by atoms with Crippen molar-refractivity contribution in [3.63, 3.8) is 0 Å². The summed E-state index contributed by atoms with van der Waals surface area (Å²) in [6, 6.07) is 7.85. The summed E-state index contributed by atoms with van der Waals surface area (Å²) in [6.45, 7) is 7.03. The molecule has 0 bridgehead atoms. The molecule has 2 rings (SSSR count). The van der Waals surface area contributed by atoms with Crippen LogP contribution in [0.2, 0.25) is 0 Å². The number of likely N-dealkylation sites (tertiary alicyclic amines) is 1. The average molecular weight is 277 g/mol. The van der Waals surface area contributed by atoms with E-state index in [4.69, 9.17) is 4.74 Å². The van der Waals surface area contributed by atoms with Gasteiger partial charge < -0.3 is 14.7 Å². The molecule has 1 aromatic rings. The number of hydrogen-bond acceptors (Lipinski definition) is 3. The van der Waals surface area contributed by atoms with Crippen LogP contribution in [0.1, 0.15) is 38.7 Å². The van der Waals surface area contributed by atoms with Gasteiger partial charge >= 0.3 is 0 Å². The Bertz CT molecular complexity index is 473. The highest BCUT2D eigenvalue weighted by Crippen LogP contribution is 2.21. The lowest BCUT2D eigenvalue weighted by molar-refractivity contribution is -0.137. The Morgan fingerprint density at radius 2 is 2.15 bits per heavy atom. The minimum atomic E-state index is -0.525. The molecule has 4 nitrogen and oxygen atoms in total. The van der Waals surface area contributed by atoms with Crippen LogP contribution in [0.4, 0.5) is 0 Å². The van der Waals surface area contributed by atoms with E-state index in [9.17, 15) is 9.90 Å². The summed E-state index contributed by atoms with van der Waals surface area (Å²) in [6.07, 6.45) is -0.264. The van der Waals surface area contributed by atoms with Crippen molar-refractivity contribution < 1.29 is 14.6 Å². The number of aliphatic hydroxyl groups excluding tert-OH is 1. The fraction of sp³-hybridized carbons (Fsp3) is 0.562. The molecular formula is C16H23NO3. The Kier molecular flexibility index (Phi) is 4.65. The number of carbonyl (C=O) groups excluding carboxylic acids is 1. The second-order valence-electron chi connectivity index (χ2n) is 5.71. The maximum atomic E-state index is 12.2. The summed E-state index contributed by atoms with van der Waals surface area (Å²) >= 11 is 0. The highest BCUT2D eigenvalue weighted by atomic mass is 16.5. The minimum absolute atomic E-state index is 0.0588. The normalized spacial score (nSPS) is 20.2. The average Bonchev–Trinajstić information content (AvgIpc) is 2.84. The van der Waals surface area contributed by atoms with Crippen LogP contribution in [0.15, 0.2) is 24.3 Å². The molecule has 110 valence electrons. The summed E-state index contributed by atoms with van der Waals surface area (Å²) in [5, 5.41) is 9.48. The summed E-state index contributed by atoms with van der Waals surface area (Å²) < 4.78 is 5.74. The zero-order chi connectivity index (χ0) is 14.7. The molecule has 1 aromatic carbocycles. The van der Waals surface area contributed by atoms with E-state index >= 15 is 0 Å². The van der Waals surface area contributed by atoms with E-state index in [1.165, 1.54) is 5.56 Å². The lowest BCUT2D eigenvalue weighted by Gasteiger charge is -2.21. The zero-order valence-electron chi connectivity index (χ0n) is 12.4. The van der Waals surface area contributed by atoms with Crippen molar-refractivity contribution in [1.29, 1.82) is 0 Å². The number of aliphatic hydroxyl groups is 1. The zero-order valence-corrected chi connectivity index (χ0v) is 12.4. The van der Waals surface area contributed by atoms with Gasteiger partial charge in [-0.1, -0.05) is 26.0 Å². The van der Waals surface area contributed by atoms with Crippen LogP contribution in [0.25, 0.3) is 0 Å². The van der Waals surface area contributed by atoms with Crippen molar-refractivity contribution in [3.8, 4) is 5.75 Å². The van der Waals surface area contributed by atoms with Gasteiger partial charge in [-0.25, -0.2) is 0 Å². The molecule has 1 N–H and O–H groups in total. The van der Waals surface area contributed by atoms with Crippen molar-refractivity contribution in [2.24, 2.45) is 0 Å². The van der Waals surface area contributed by atoms with Gasteiger partial charge in [0.2, 0.25) is 0 Å². The van der Waals surface area contributed by atoms with Gasteiger partial charge in [0.15, 0.2) is 6.10 Å². The molecule has 1 heterocycles. The van der Waals surface area contributed by atoms with Crippen LogP contribution < -0.4 is 4.74 Å². The lowest BCUT2D eigenvalue weighted by atomic mass is 10.0. The maximum Gasteiger partial charge on any atom is 0.263 e.